The molecule has 1 aromatic carbocycles. The maximum absolute atomic E-state index is 10.9. The number of hydrogen-bond donors (Lipinski definition) is 2. The summed E-state index contributed by atoms with van der Waals surface area (Å²) in [6, 6.07) is 6.75. The Balaban J connectivity index is 1.51. The Labute approximate surface area is 129 Å². The highest BCUT2D eigenvalue weighted by molar-refractivity contribution is 5.34. The first-order chi connectivity index (χ1) is 10.5. The lowest BCUT2D eigenvalue weighted by Crippen LogP contribution is -2.99. The van der Waals surface area contributed by atoms with Gasteiger partial charge in [0.15, 0.2) is 11.5 Å². The first-order valence-corrected chi connectivity index (χ1v) is 7.81. The average molecular weight is 303 g/mol. The average Bonchev–Trinajstić information content (AvgIpc) is 3.12. The Morgan fingerprint density at radius 3 is 2.36 bits per heavy atom. The van der Waals surface area contributed by atoms with Gasteiger partial charge in [0, 0.05) is 23.1 Å². The Bertz CT molecular complexity index is 587. The molecule has 1 unspecified atom stereocenters. The standard InChI is InChI=1S/C17H21NO4/c1-16(13-4-6-15(7-5-13)18(19)20)21-10-17(11-22-16)9-12-2-3-14(17)8-12/h2-7,12,14,18-19H,8-11H2,1H3/t12-,14-,16?,17?/m0/s1. The zero-order valence-corrected chi connectivity index (χ0v) is 12.6. The van der Waals surface area contributed by atoms with E-state index in [4.69, 9.17) is 14.7 Å². The van der Waals surface area contributed by atoms with Crippen molar-refractivity contribution in [1.29, 1.82) is 0 Å². The van der Waals surface area contributed by atoms with Crippen molar-refractivity contribution in [2.45, 2.75) is 25.6 Å². The summed E-state index contributed by atoms with van der Waals surface area (Å²) in [5.74, 6) is 0.487. The smallest absolute Gasteiger partial charge is 0.191 e. The summed E-state index contributed by atoms with van der Waals surface area (Å²) in [5, 5.41) is 19.0. The molecule has 2 bridgehead atoms. The monoisotopic (exact) mass is 303 g/mol. The van der Waals surface area contributed by atoms with Crippen LogP contribution in [0.2, 0.25) is 0 Å². The normalized spacial score (nSPS) is 41.2. The summed E-state index contributed by atoms with van der Waals surface area (Å²) < 4.78 is 12.3. The first-order valence-electron chi connectivity index (χ1n) is 7.81. The van der Waals surface area contributed by atoms with E-state index in [-0.39, 0.29) is 11.1 Å². The van der Waals surface area contributed by atoms with Crippen LogP contribution in [0.4, 0.5) is 5.69 Å². The summed E-state index contributed by atoms with van der Waals surface area (Å²) in [6.07, 6.45) is 7.04. The van der Waals surface area contributed by atoms with Gasteiger partial charge in [-0.3, -0.25) is 0 Å². The van der Waals surface area contributed by atoms with Crippen LogP contribution in [0, 0.1) is 22.5 Å². The van der Waals surface area contributed by atoms with Crippen molar-refractivity contribution in [2.75, 3.05) is 13.2 Å². The highest BCUT2D eigenvalue weighted by Gasteiger charge is 2.53. The zero-order chi connectivity index (χ0) is 15.4. The molecule has 2 aliphatic carbocycles. The van der Waals surface area contributed by atoms with Crippen molar-refractivity contribution in [3.8, 4) is 0 Å². The quantitative estimate of drug-likeness (QED) is 0.647. The minimum atomic E-state index is -0.921. The summed E-state index contributed by atoms with van der Waals surface area (Å²) in [7, 11) is 0. The number of fused-ring (bicyclic) bond motifs is 3. The fraction of sp³-hybridized carbons (Fsp3) is 0.529. The van der Waals surface area contributed by atoms with E-state index in [0.29, 0.717) is 25.0 Å². The molecule has 1 aliphatic heterocycles. The molecule has 1 heterocycles. The number of allylic oxidation sites excluding steroid dienone is 2. The van der Waals surface area contributed by atoms with Crippen LogP contribution in [0.3, 0.4) is 0 Å². The van der Waals surface area contributed by atoms with Crippen LogP contribution in [0.25, 0.3) is 0 Å². The van der Waals surface area contributed by atoms with E-state index in [1.165, 1.54) is 6.42 Å². The molecule has 1 saturated heterocycles. The van der Waals surface area contributed by atoms with Crippen molar-refractivity contribution < 1.29 is 19.9 Å². The molecule has 1 spiro atoms. The largest absolute Gasteiger partial charge is 0.595 e. The Morgan fingerprint density at radius 1 is 1.18 bits per heavy atom. The van der Waals surface area contributed by atoms with Crippen LogP contribution < -0.4 is 5.23 Å². The van der Waals surface area contributed by atoms with Gasteiger partial charge in [-0.1, -0.05) is 12.2 Å². The molecular formula is C17H21NO4. The minimum absolute atomic E-state index is 0.139. The van der Waals surface area contributed by atoms with Crippen LogP contribution in [0.5, 0.6) is 0 Å². The fourth-order valence-corrected chi connectivity index (χ4v) is 4.11. The third-order valence-electron chi connectivity index (χ3n) is 5.55. The van der Waals surface area contributed by atoms with Gasteiger partial charge in [-0.25, -0.2) is 5.21 Å². The van der Waals surface area contributed by atoms with Gasteiger partial charge >= 0.3 is 0 Å². The van der Waals surface area contributed by atoms with Crippen LogP contribution in [0.15, 0.2) is 36.4 Å². The molecule has 3 atom stereocenters. The first kappa shape index (κ1) is 14.4. The van der Waals surface area contributed by atoms with Crippen molar-refractivity contribution in [3.05, 3.63) is 47.2 Å². The number of hydrogen-bond acceptors (Lipinski definition) is 4. The SMILES string of the molecule is CC1(c2ccc([NH+]([O-])O)cc2)OCC2(CO1)C[C@H]1C=C[C@H]2C1. The number of benzene rings is 1. The van der Waals surface area contributed by atoms with E-state index < -0.39 is 11.0 Å². The topological polar surface area (TPSA) is 66.2 Å². The second kappa shape index (κ2) is 4.88. The van der Waals surface area contributed by atoms with E-state index in [1.807, 2.05) is 6.92 Å². The molecule has 22 heavy (non-hydrogen) atoms. The van der Waals surface area contributed by atoms with E-state index >= 15 is 0 Å². The van der Waals surface area contributed by atoms with Gasteiger partial charge in [0.1, 0.15) is 0 Å². The number of nitrogens with one attached hydrogen (secondary N) is 1. The van der Waals surface area contributed by atoms with Gasteiger partial charge in [-0.05, 0) is 43.7 Å². The maximum Gasteiger partial charge on any atom is 0.191 e. The molecule has 2 N–H and O–H groups in total. The van der Waals surface area contributed by atoms with Gasteiger partial charge in [0.05, 0.1) is 13.2 Å². The predicted octanol–water partition coefficient (Wildman–Crippen LogP) is 1.89. The molecule has 5 nitrogen and oxygen atoms in total. The van der Waals surface area contributed by atoms with Gasteiger partial charge < -0.3 is 14.7 Å². The van der Waals surface area contributed by atoms with Crippen LogP contribution in [-0.4, -0.2) is 18.4 Å². The third-order valence-corrected chi connectivity index (χ3v) is 5.55. The third kappa shape index (κ3) is 2.13. The lowest BCUT2D eigenvalue weighted by Gasteiger charge is -2.46. The lowest BCUT2D eigenvalue weighted by atomic mass is 9.76. The van der Waals surface area contributed by atoms with E-state index in [0.717, 1.165) is 12.0 Å². The molecule has 0 amide bonds. The summed E-state index contributed by atoms with van der Waals surface area (Å²) in [5.41, 5.74) is 1.28. The summed E-state index contributed by atoms with van der Waals surface area (Å²) in [6.45, 7) is 3.32. The molecule has 1 aromatic rings. The van der Waals surface area contributed by atoms with Gasteiger partial charge in [-0.2, -0.15) is 5.23 Å². The maximum atomic E-state index is 10.9. The minimum Gasteiger partial charge on any atom is -0.595 e. The highest BCUT2D eigenvalue weighted by Crippen LogP contribution is 2.55. The van der Waals surface area contributed by atoms with Crippen LogP contribution in [0.1, 0.15) is 25.3 Å². The van der Waals surface area contributed by atoms with Crippen LogP contribution in [-0.2, 0) is 15.3 Å². The molecule has 3 aliphatic rings. The molecular weight excluding hydrogens is 282 g/mol. The Kier molecular flexibility index (Phi) is 3.18. The van der Waals surface area contributed by atoms with E-state index in [9.17, 15) is 5.21 Å². The second-order valence-corrected chi connectivity index (χ2v) is 6.96. The highest BCUT2D eigenvalue weighted by atomic mass is 16.8. The van der Waals surface area contributed by atoms with Gasteiger partial charge in [0.25, 0.3) is 0 Å². The molecule has 118 valence electrons. The van der Waals surface area contributed by atoms with E-state index in [1.54, 1.807) is 24.3 Å². The fourth-order valence-electron chi connectivity index (χ4n) is 4.11. The van der Waals surface area contributed by atoms with Crippen molar-refractivity contribution in [2.24, 2.45) is 17.3 Å². The lowest BCUT2D eigenvalue weighted by molar-refractivity contribution is -0.991. The molecule has 0 radical (unpaired) electrons. The number of ether oxygens (including phenoxy) is 2. The number of rotatable bonds is 2. The predicted molar refractivity (Wildman–Crippen MR) is 79.3 cm³/mol. The van der Waals surface area contributed by atoms with Gasteiger partial charge in [-0.15, -0.1) is 0 Å². The Hall–Kier alpha value is -1.24. The molecule has 0 aromatic heterocycles. The summed E-state index contributed by atoms with van der Waals surface area (Å²) >= 11 is 0. The van der Waals surface area contributed by atoms with Gasteiger partial charge in [0.2, 0.25) is 0 Å². The molecule has 5 heteroatoms. The van der Waals surface area contributed by atoms with Crippen LogP contribution >= 0.6 is 0 Å². The Morgan fingerprint density at radius 2 is 1.86 bits per heavy atom. The molecule has 1 saturated carbocycles. The number of quaternary nitrogens is 1. The summed E-state index contributed by atoms with van der Waals surface area (Å²) in [4.78, 5) is 0. The second-order valence-electron chi connectivity index (χ2n) is 6.96. The van der Waals surface area contributed by atoms with Crippen molar-refractivity contribution >= 4 is 5.69 Å². The molecule has 2 fully saturated rings. The molecule has 4 rings (SSSR count). The van der Waals surface area contributed by atoms with E-state index in [2.05, 4.69) is 12.2 Å². The van der Waals surface area contributed by atoms with Crippen molar-refractivity contribution in [1.82, 2.24) is 0 Å². The zero-order valence-electron chi connectivity index (χ0n) is 12.6. The van der Waals surface area contributed by atoms with Crippen molar-refractivity contribution in [3.63, 3.8) is 0 Å².